The maximum Gasteiger partial charge on any atom is 0.255 e. The number of ether oxygens (including phenoxy) is 1. The number of benzene rings is 1. The summed E-state index contributed by atoms with van der Waals surface area (Å²) >= 11 is 0. The summed E-state index contributed by atoms with van der Waals surface area (Å²) in [6.45, 7) is 7.14. The molecule has 1 aliphatic heterocycles. The highest BCUT2D eigenvalue weighted by molar-refractivity contribution is 6.03. The third-order valence-electron chi connectivity index (χ3n) is 3.91. The lowest BCUT2D eigenvalue weighted by Gasteiger charge is -2.24. The lowest BCUT2D eigenvalue weighted by Crippen LogP contribution is -2.43. The number of nitrogens with one attached hydrogen (secondary N) is 2. The smallest absolute Gasteiger partial charge is 0.255 e. The predicted molar refractivity (Wildman–Crippen MR) is 96.8 cm³/mol. The summed E-state index contributed by atoms with van der Waals surface area (Å²) in [6, 6.07) is 7.16. The first-order chi connectivity index (χ1) is 11.2. The molecule has 1 aliphatic rings. The van der Waals surface area contributed by atoms with Crippen molar-refractivity contribution in [3.05, 3.63) is 29.8 Å². The fourth-order valence-electron chi connectivity index (χ4n) is 2.64. The Balaban J connectivity index is 0.00000288. The molecule has 6 nitrogen and oxygen atoms in total. The molecule has 24 heavy (non-hydrogen) atoms. The van der Waals surface area contributed by atoms with Crippen molar-refractivity contribution in [2.75, 3.05) is 38.2 Å². The average molecular weight is 356 g/mol. The molecule has 1 fully saturated rings. The molecule has 0 spiro atoms. The highest BCUT2D eigenvalue weighted by Crippen LogP contribution is 2.18. The van der Waals surface area contributed by atoms with Gasteiger partial charge in [0.1, 0.15) is 0 Å². The van der Waals surface area contributed by atoms with Gasteiger partial charge < -0.3 is 20.3 Å². The molecular formula is C17H26ClN3O3. The Labute approximate surface area is 149 Å². The molecule has 1 heterocycles. The minimum Gasteiger partial charge on any atom is -0.378 e. The number of morpholine rings is 1. The van der Waals surface area contributed by atoms with E-state index in [0.717, 1.165) is 6.54 Å². The lowest BCUT2D eigenvalue weighted by molar-refractivity contribution is -0.117. The van der Waals surface area contributed by atoms with Gasteiger partial charge in [-0.2, -0.15) is 0 Å². The van der Waals surface area contributed by atoms with Crippen molar-refractivity contribution in [2.45, 2.75) is 26.3 Å². The molecule has 0 aromatic heterocycles. The van der Waals surface area contributed by atoms with Crippen molar-refractivity contribution in [1.29, 1.82) is 0 Å². The van der Waals surface area contributed by atoms with Crippen molar-refractivity contribution in [2.24, 2.45) is 0 Å². The Morgan fingerprint density at radius 3 is 2.62 bits per heavy atom. The van der Waals surface area contributed by atoms with Gasteiger partial charge >= 0.3 is 0 Å². The van der Waals surface area contributed by atoms with Gasteiger partial charge in [-0.1, -0.05) is 12.1 Å². The zero-order valence-electron chi connectivity index (χ0n) is 14.2. The molecule has 0 radical (unpaired) electrons. The summed E-state index contributed by atoms with van der Waals surface area (Å²) in [7, 11) is 0. The van der Waals surface area contributed by atoms with Gasteiger partial charge in [-0.15, -0.1) is 12.4 Å². The van der Waals surface area contributed by atoms with Crippen LogP contribution < -0.4 is 10.6 Å². The van der Waals surface area contributed by atoms with E-state index in [1.807, 2.05) is 26.0 Å². The Morgan fingerprint density at radius 1 is 1.29 bits per heavy atom. The second kappa shape index (κ2) is 10.3. The molecule has 134 valence electrons. The second-order valence-corrected chi connectivity index (χ2v) is 5.50. The van der Waals surface area contributed by atoms with Crippen LogP contribution in [0.3, 0.4) is 0 Å². The van der Waals surface area contributed by atoms with Crippen LogP contribution in [0, 0.1) is 0 Å². The zero-order valence-corrected chi connectivity index (χ0v) is 15.0. The van der Waals surface area contributed by atoms with E-state index < -0.39 is 0 Å². The van der Waals surface area contributed by atoms with Crippen LogP contribution >= 0.6 is 12.4 Å². The molecule has 1 unspecified atom stereocenters. The number of hydrogen-bond acceptors (Lipinski definition) is 4. The molecule has 2 amide bonds. The number of rotatable bonds is 6. The molecule has 1 saturated heterocycles. The Kier molecular flexibility index (Phi) is 8.74. The van der Waals surface area contributed by atoms with Gasteiger partial charge in [-0.3, -0.25) is 9.59 Å². The number of carbonyl (C=O) groups excluding carboxylic acids is 2. The van der Waals surface area contributed by atoms with Crippen LogP contribution in [0.15, 0.2) is 24.3 Å². The van der Waals surface area contributed by atoms with Crippen LogP contribution in [0.2, 0.25) is 0 Å². The van der Waals surface area contributed by atoms with E-state index in [2.05, 4.69) is 10.6 Å². The fraction of sp³-hybridized carbons (Fsp3) is 0.529. The van der Waals surface area contributed by atoms with Gasteiger partial charge in [0.05, 0.1) is 24.5 Å². The van der Waals surface area contributed by atoms with Crippen molar-refractivity contribution in [3.8, 4) is 0 Å². The zero-order chi connectivity index (χ0) is 16.7. The molecular weight excluding hydrogens is 330 g/mol. The Hall–Kier alpha value is -1.63. The summed E-state index contributed by atoms with van der Waals surface area (Å²) < 4.78 is 5.35. The first-order valence-corrected chi connectivity index (χ1v) is 8.15. The largest absolute Gasteiger partial charge is 0.378 e. The SMILES string of the molecule is CCN(CC)C(=O)c1ccccc1NC(=O)CC1COCCN1.Cl. The third-order valence-corrected chi connectivity index (χ3v) is 3.91. The normalized spacial score (nSPS) is 16.8. The summed E-state index contributed by atoms with van der Waals surface area (Å²) in [4.78, 5) is 26.5. The molecule has 1 aromatic carbocycles. The first-order valence-electron chi connectivity index (χ1n) is 8.15. The minimum atomic E-state index is -0.118. The van der Waals surface area contributed by atoms with Crippen LogP contribution in [-0.4, -0.2) is 55.6 Å². The molecule has 7 heteroatoms. The van der Waals surface area contributed by atoms with Gasteiger partial charge in [0.25, 0.3) is 5.91 Å². The van der Waals surface area contributed by atoms with Crippen LogP contribution in [-0.2, 0) is 9.53 Å². The number of para-hydroxylation sites is 1. The maximum absolute atomic E-state index is 12.5. The third kappa shape index (κ3) is 5.47. The van der Waals surface area contributed by atoms with Crippen LogP contribution in [0.1, 0.15) is 30.6 Å². The molecule has 0 aliphatic carbocycles. The minimum absolute atomic E-state index is 0. The van der Waals surface area contributed by atoms with Crippen LogP contribution in [0.5, 0.6) is 0 Å². The lowest BCUT2D eigenvalue weighted by atomic mass is 10.1. The van der Waals surface area contributed by atoms with Gasteiger partial charge in [-0.25, -0.2) is 0 Å². The van der Waals surface area contributed by atoms with Crippen molar-refractivity contribution in [3.63, 3.8) is 0 Å². The summed E-state index contributed by atoms with van der Waals surface area (Å²) in [5.41, 5.74) is 1.09. The number of carbonyl (C=O) groups is 2. The molecule has 0 bridgehead atoms. The topological polar surface area (TPSA) is 70.7 Å². The highest BCUT2D eigenvalue weighted by atomic mass is 35.5. The Bertz CT molecular complexity index is 544. The number of amides is 2. The van der Waals surface area contributed by atoms with Crippen molar-refractivity contribution in [1.82, 2.24) is 10.2 Å². The first kappa shape index (κ1) is 20.4. The summed E-state index contributed by atoms with van der Waals surface area (Å²) in [5.74, 6) is -0.183. The molecule has 2 rings (SSSR count). The average Bonchev–Trinajstić information content (AvgIpc) is 2.57. The van der Waals surface area contributed by atoms with Gasteiger partial charge in [-0.05, 0) is 26.0 Å². The van der Waals surface area contributed by atoms with E-state index in [1.165, 1.54) is 0 Å². The van der Waals surface area contributed by atoms with Crippen LogP contribution in [0.25, 0.3) is 0 Å². The summed E-state index contributed by atoms with van der Waals surface area (Å²) in [6.07, 6.45) is 0.327. The molecule has 1 atom stereocenters. The monoisotopic (exact) mass is 355 g/mol. The van der Waals surface area contributed by atoms with E-state index in [1.54, 1.807) is 17.0 Å². The quantitative estimate of drug-likeness (QED) is 0.817. The van der Waals surface area contributed by atoms with Gasteiger partial charge in [0.15, 0.2) is 0 Å². The highest BCUT2D eigenvalue weighted by Gasteiger charge is 2.20. The number of hydrogen-bond donors (Lipinski definition) is 2. The number of nitrogens with zero attached hydrogens (tertiary/aromatic N) is 1. The van der Waals surface area contributed by atoms with E-state index in [-0.39, 0.29) is 30.3 Å². The van der Waals surface area contributed by atoms with Gasteiger partial charge in [0, 0.05) is 32.1 Å². The number of halogens is 1. The van der Waals surface area contributed by atoms with Crippen LogP contribution in [0.4, 0.5) is 5.69 Å². The van der Waals surface area contributed by atoms with E-state index >= 15 is 0 Å². The summed E-state index contributed by atoms with van der Waals surface area (Å²) in [5, 5.41) is 6.11. The van der Waals surface area contributed by atoms with E-state index in [9.17, 15) is 9.59 Å². The van der Waals surface area contributed by atoms with Crippen molar-refractivity contribution >= 4 is 29.9 Å². The molecule has 1 aromatic rings. The predicted octanol–water partition coefficient (Wildman–Crippen LogP) is 1.91. The standard InChI is InChI=1S/C17H25N3O3.ClH/c1-3-20(4-2)17(22)14-7-5-6-8-15(14)19-16(21)11-13-12-23-10-9-18-13;/h5-8,13,18H,3-4,9-12H2,1-2H3,(H,19,21);1H. The van der Waals surface area contributed by atoms with E-state index in [4.69, 9.17) is 4.74 Å². The fourth-order valence-corrected chi connectivity index (χ4v) is 2.64. The second-order valence-electron chi connectivity index (χ2n) is 5.50. The van der Waals surface area contributed by atoms with E-state index in [0.29, 0.717) is 44.0 Å². The molecule has 2 N–H and O–H groups in total. The van der Waals surface area contributed by atoms with Crippen molar-refractivity contribution < 1.29 is 14.3 Å². The number of anilines is 1. The Morgan fingerprint density at radius 2 is 2.00 bits per heavy atom. The molecule has 0 saturated carbocycles. The maximum atomic E-state index is 12.5. The van der Waals surface area contributed by atoms with Gasteiger partial charge in [0.2, 0.25) is 5.91 Å².